The average Bonchev–Trinajstić information content (AvgIpc) is 3.50. The number of anilines is 1. The Hall–Kier alpha value is -3.53. The number of nitrogens with zero attached hydrogens (tertiary/aromatic N) is 3. The topological polar surface area (TPSA) is 128 Å². The number of nitrogens with one attached hydrogen (secondary N) is 3. The van der Waals surface area contributed by atoms with Gasteiger partial charge >= 0.3 is 0 Å². The van der Waals surface area contributed by atoms with Crippen LogP contribution in [-0.4, -0.2) is 68.8 Å². The van der Waals surface area contributed by atoms with Crippen LogP contribution in [-0.2, 0) is 9.59 Å². The van der Waals surface area contributed by atoms with Crippen LogP contribution in [0.3, 0.4) is 0 Å². The summed E-state index contributed by atoms with van der Waals surface area (Å²) in [6.07, 6.45) is 9.98. The third-order valence-electron chi connectivity index (χ3n) is 9.11. The van der Waals surface area contributed by atoms with E-state index in [4.69, 9.17) is 0 Å². The molecule has 3 N–H and O–H groups in total. The Morgan fingerprint density at radius 1 is 1.00 bits per heavy atom. The minimum Gasteiger partial charge on any atom is -0.377 e. The number of aromatic nitrogens is 2. The van der Waals surface area contributed by atoms with Gasteiger partial charge in [0, 0.05) is 29.9 Å². The lowest BCUT2D eigenvalue weighted by atomic mass is 9.78. The van der Waals surface area contributed by atoms with Gasteiger partial charge in [0.2, 0.25) is 11.8 Å². The van der Waals surface area contributed by atoms with Crippen molar-refractivity contribution in [3.8, 4) is 0 Å². The Kier molecular flexibility index (Phi) is 6.51. The molecular formula is C28H34N6O4. The van der Waals surface area contributed by atoms with E-state index in [-0.39, 0.29) is 35.9 Å². The van der Waals surface area contributed by atoms with Crippen molar-refractivity contribution in [2.45, 2.75) is 70.0 Å². The molecule has 10 nitrogen and oxygen atoms in total. The molecule has 10 heteroatoms. The van der Waals surface area contributed by atoms with E-state index in [1.54, 1.807) is 12.1 Å². The van der Waals surface area contributed by atoms with Crippen LogP contribution in [0.2, 0.25) is 0 Å². The normalized spacial score (nSPS) is 24.7. The highest BCUT2D eigenvalue weighted by molar-refractivity contribution is 6.25. The summed E-state index contributed by atoms with van der Waals surface area (Å²) in [5.74, 6) is -0.853. The standard InChI is InChI=1S/C28H34N6O4/c1-16(17-4-2-5-17)33-12-10-18(11-13-33)25(19-14-29-30-15-19)31-21-7-3-6-20-24(21)28(38)34(27(20)37)22-8-9-23(35)32-26(22)36/h3,6-7,14-18,22,25,31H,2,4-5,8-13H2,1H3,(H,29,30)(H,32,35,36). The first-order chi connectivity index (χ1) is 18.4. The molecule has 6 rings (SSSR count). The number of imide groups is 2. The molecule has 0 bridgehead atoms. The molecule has 2 aromatic rings. The van der Waals surface area contributed by atoms with Crippen molar-refractivity contribution < 1.29 is 19.2 Å². The smallest absolute Gasteiger partial charge is 0.264 e. The molecule has 3 unspecified atom stereocenters. The Labute approximate surface area is 221 Å². The van der Waals surface area contributed by atoms with Crippen LogP contribution in [0, 0.1) is 11.8 Å². The Bertz CT molecular complexity index is 1250. The number of likely N-dealkylation sites (tertiary alicyclic amines) is 1. The first-order valence-corrected chi connectivity index (χ1v) is 13.8. The van der Waals surface area contributed by atoms with Crippen LogP contribution in [0.1, 0.15) is 84.2 Å². The van der Waals surface area contributed by atoms with Crippen molar-refractivity contribution in [3.05, 3.63) is 47.3 Å². The molecule has 4 heterocycles. The van der Waals surface area contributed by atoms with E-state index in [1.165, 1.54) is 19.3 Å². The van der Waals surface area contributed by atoms with Gasteiger partial charge in [0.05, 0.1) is 23.4 Å². The van der Waals surface area contributed by atoms with Crippen LogP contribution in [0.5, 0.6) is 0 Å². The number of aromatic amines is 1. The van der Waals surface area contributed by atoms with Gasteiger partial charge in [-0.1, -0.05) is 12.5 Å². The maximum absolute atomic E-state index is 13.6. The zero-order valence-corrected chi connectivity index (χ0v) is 21.6. The summed E-state index contributed by atoms with van der Waals surface area (Å²) in [6.45, 7) is 4.43. The molecule has 0 spiro atoms. The molecule has 3 atom stereocenters. The summed E-state index contributed by atoms with van der Waals surface area (Å²) >= 11 is 0. The fourth-order valence-electron chi connectivity index (χ4n) is 6.59. The van der Waals surface area contributed by atoms with Gasteiger partial charge in [0.1, 0.15) is 6.04 Å². The number of carbonyl (C=O) groups excluding carboxylic acids is 4. The molecule has 0 radical (unpaired) electrons. The number of hydrogen-bond donors (Lipinski definition) is 3. The third-order valence-corrected chi connectivity index (χ3v) is 9.11. The van der Waals surface area contributed by atoms with E-state index >= 15 is 0 Å². The van der Waals surface area contributed by atoms with Crippen molar-refractivity contribution in [3.63, 3.8) is 0 Å². The third kappa shape index (κ3) is 4.30. The summed E-state index contributed by atoms with van der Waals surface area (Å²) in [4.78, 5) is 54.6. The van der Waals surface area contributed by atoms with E-state index in [0.29, 0.717) is 17.6 Å². The van der Waals surface area contributed by atoms with Crippen LogP contribution < -0.4 is 10.6 Å². The van der Waals surface area contributed by atoms with Crippen molar-refractivity contribution in [1.82, 2.24) is 25.3 Å². The number of carbonyl (C=O) groups is 4. The minimum atomic E-state index is -0.986. The lowest BCUT2D eigenvalue weighted by molar-refractivity contribution is -0.136. The summed E-state index contributed by atoms with van der Waals surface area (Å²) in [7, 11) is 0. The van der Waals surface area contributed by atoms with Gasteiger partial charge in [-0.05, 0) is 76.1 Å². The summed E-state index contributed by atoms with van der Waals surface area (Å²) in [6, 6.07) is 4.74. The largest absolute Gasteiger partial charge is 0.377 e. The zero-order chi connectivity index (χ0) is 26.4. The maximum Gasteiger partial charge on any atom is 0.264 e. The summed E-state index contributed by atoms with van der Waals surface area (Å²) in [5.41, 5.74) is 2.14. The van der Waals surface area contributed by atoms with Crippen LogP contribution in [0.25, 0.3) is 0 Å². The number of rotatable bonds is 7. The second-order valence-electron chi connectivity index (χ2n) is 11.1. The first kappa shape index (κ1) is 24.8. The predicted molar refractivity (Wildman–Crippen MR) is 139 cm³/mol. The second kappa shape index (κ2) is 9.98. The number of hydrogen-bond acceptors (Lipinski definition) is 7. The highest BCUT2D eigenvalue weighted by Gasteiger charge is 2.46. The Morgan fingerprint density at radius 3 is 2.45 bits per heavy atom. The van der Waals surface area contributed by atoms with Crippen LogP contribution >= 0.6 is 0 Å². The zero-order valence-electron chi connectivity index (χ0n) is 21.6. The van der Waals surface area contributed by atoms with E-state index in [9.17, 15) is 19.2 Å². The van der Waals surface area contributed by atoms with Crippen LogP contribution in [0.15, 0.2) is 30.6 Å². The average molecular weight is 519 g/mol. The van der Waals surface area contributed by atoms with E-state index in [0.717, 1.165) is 42.3 Å². The van der Waals surface area contributed by atoms with Crippen molar-refractivity contribution in [1.29, 1.82) is 0 Å². The van der Waals surface area contributed by atoms with Gasteiger partial charge in [-0.3, -0.25) is 34.5 Å². The molecule has 38 heavy (non-hydrogen) atoms. The first-order valence-electron chi connectivity index (χ1n) is 13.8. The molecule has 4 aliphatic rings. The van der Waals surface area contributed by atoms with E-state index < -0.39 is 23.8 Å². The van der Waals surface area contributed by atoms with Gasteiger partial charge in [-0.2, -0.15) is 5.10 Å². The number of amides is 4. The molecule has 1 aromatic heterocycles. The highest BCUT2D eigenvalue weighted by Crippen LogP contribution is 2.39. The van der Waals surface area contributed by atoms with Crippen molar-refractivity contribution >= 4 is 29.3 Å². The second-order valence-corrected chi connectivity index (χ2v) is 11.1. The van der Waals surface area contributed by atoms with E-state index in [2.05, 4.69) is 32.7 Å². The van der Waals surface area contributed by atoms with Gasteiger partial charge in [-0.15, -0.1) is 0 Å². The molecular weight excluding hydrogens is 484 g/mol. The molecule has 1 aliphatic carbocycles. The molecule has 3 fully saturated rings. The number of piperidine rings is 2. The number of benzene rings is 1. The van der Waals surface area contributed by atoms with Gasteiger partial charge in [0.25, 0.3) is 11.8 Å². The summed E-state index contributed by atoms with van der Waals surface area (Å²) in [5, 5.41) is 12.9. The lowest BCUT2D eigenvalue weighted by Crippen LogP contribution is -2.54. The molecule has 200 valence electrons. The Morgan fingerprint density at radius 2 is 1.79 bits per heavy atom. The fraction of sp³-hybridized carbons (Fsp3) is 0.536. The quantitative estimate of drug-likeness (QED) is 0.481. The number of H-pyrrole nitrogens is 1. The van der Waals surface area contributed by atoms with Crippen LogP contribution in [0.4, 0.5) is 5.69 Å². The predicted octanol–water partition coefficient (Wildman–Crippen LogP) is 2.86. The molecule has 2 saturated heterocycles. The van der Waals surface area contributed by atoms with Crippen molar-refractivity contribution in [2.75, 3.05) is 18.4 Å². The van der Waals surface area contributed by atoms with Gasteiger partial charge < -0.3 is 10.2 Å². The SMILES string of the molecule is CC(C1CCC1)N1CCC(C(Nc2cccc3c2C(=O)N(C2CCC(=O)NC2=O)C3=O)c2cn[nH]c2)CC1. The minimum absolute atomic E-state index is 0.0889. The maximum atomic E-state index is 13.6. The van der Waals surface area contributed by atoms with Gasteiger partial charge in [-0.25, -0.2) is 0 Å². The highest BCUT2D eigenvalue weighted by atomic mass is 16.2. The molecule has 1 aromatic carbocycles. The van der Waals surface area contributed by atoms with E-state index in [1.807, 2.05) is 18.5 Å². The van der Waals surface area contributed by atoms with Gasteiger partial charge in [0.15, 0.2) is 0 Å². The molecule has 4 amide bonds. The fourth-order valence-corrected chi connectivity index (χ4v) is 6.59. The number of fused-ring (bicyclic) bond motifs is 1. The lowest BCUT2D eigenvalue weighted by Gasteiger charge is -2.44. The molecule has 1 saturated carbocycles. The summed E-state index contributed by atoms with van der Waals surface area (Å²) < 4.78 is 0. The monoisotopic (exact) mass is 518 g/mol. The molecule has 3 aliphatic heterocycles. The van der Waals surface area contributed by atoms with Crippen molar-refractivity contribution in [2.24, 2.45) is 11.8 Å². The Balaban J connectivity index is 1.23.